The average Bonchev–Trinajstić information content (AvgIpc) is 2.57. The van der Waals surface area contributed by atoms with E-state index in [1.165, 1.54) is 0 Å². The number of hydrogen-bond acceptors (Lipinski definition) is 3. The smallest absolute Gasteiger partial charge is 0.289 e. The number of carbonyl (C=O) groups is 1. The molecule has 0 spiro atoms. The van der Waals surface area contributed by atoms with Gasteiger partial charge in [-0.05, 0) is 43.7 Å². The van der Waals surface area contributed by atoms with Crippen LogP contribution in [0.2, 0.25) is 5.22 Å². The zero-order valence-corrected chi connectivity index (χ0v) is 10.0. The van der Waals surface area contributed by atoms with E-state index >= 15 is 0 Å². The normalized spacial score (nSPS) is 18.5. The van der Waals surface area contributed by atoms with E-state index in [9.17, 15) is 4.79 Å². The Labute approximate surface area is 99.8 Å². The largest absolute Gasteiger partial charge is 0.440 e. The number of hydrogen-bond donors (Lipinski definition) is 0. The fourth-order valence-corrected chi connectivity index (χ4v) is 1.98. The molecule has 1 aromatic rings. The fourth-order valence-electron chi connectivity index (χ4n) is 1.83. The van der Waals surface area contributed by atoms with E-state index in [1.54, 1.807) is 12.1 Å². The molecule has 0 saturated carbocycles. The van der Waals surface area contributed by atoms with E-state index in [0.29, 0.717) is 5.76 Å². The highest BCUT2D eigenvalue weighted by Crippen LogP contribution is 2.15. The second-order valence-corrected chi connectivity index (χ2v) is 4.43. The van der Waals surface area contributed by atoms with E-state index in [0.717, 1.165) is 32.6 Å². The number of carbonyl (C=O) groups excluding carboxylic acids is 1. The molecule has 1 amide bonds. The number of nitrogens with zero attached hydrogens (tertiary/aromatic N) is 2. The SMILES string of the molecule is CN1CCCN(C(=O)c2ccc(Cl)o2)CC1. The molecule has 2 rings (SSSR count). The second kappa shape index (κ2) is 4.89. The maximum Gasteiger partial charge on any atom is 0.289 e. The van der Waals surface area contributed by atoms with Gasteiger partial charge in [-0.2, -0.15) is 0 Å². The van der Waals surface area contributed by atoms with Gasteiger partial charge in [0.1, 0.15) is 0 Å². The van der Waals surface area contributed by atoms with E-state index in [4.69, 9.17) is 16.0 Å². The van der Waals surface area contributed by atoms with Crippen LogP contribution in [0.3, 0.4) is 0 Å². The van der Waals surface area contributed by atoms with Crippen LogP contribution < -0.4 is 0 Å². The van der Waals surface area contributed by atoms with Crippen molar-refractivity contribution < 1.29 is 9.21 Å². The minimum absolute atomic E-state index is 0.0674. The molecule has 1 saturated heterocycles. The van der Waals surface area contributed by atoms with Gasteiger partial charge in [0.05, 0.1) is 0 Å². The van der Waals surface area contributed by atoms with Crippen molar-refractivity contribution in [3.63, 3.8) is 0 Å². The highest BCUT2D eigenvalue weighted by atomic mass is 35.5. The summed E-state index contributed by atoms with van der Waals surface area (Å²) in [5.41, 5.74) is 0. The minimum atomic E-state index is -0.0674. The lowest BCUT2D eigenvalue weighted by Crippen LogP contribution is -2.34. The summed E-state index contributed by atoms with van der Waals surface area (Å²) in [7, 11) is 2.07. The molecule has 0 aliphatic carbocycles. The van der Waals surface area contributed by atoms with E-state index in [1.807, 2.05) is 4.90 Å². The standard InChI is InChI=1S/C11H15ClN2O2/c1-13-5-2-6-14(8-7-13)11(15)9-3-4-10(12)16-9/h3-4H,2,5-8H2,1H3. The van der Waals surface area contributed by atoms with Crippen molar-refractivity contribution in [2.75, 3.05) is 33.2 Å². The molecule has 0 radical (unpaired) electrons. The number of furan rings is 1. The van der Waals surface area contributed by atoms with Crippen LogP contribution >= 0.6 is 11.6 Å². The Morgan fingerprint density at radius 3 is 2.81 bits per heavy atom. The fraction of sp³-hybridized carbons (Fsp3) is 0.545. The highest BCUT2D eigenvalue weighted by molar-refractivity contribution is 6.29. The first kappa shape index (κ1) is 11.5. The Hall–Kier alpha value is -1.00. The minimum Gasteiger partial charge on any atom is -0.440 e. The Balaban J connectivity index is 2.04. The first-order valence-electron chi connectivity index (χ1n) is 5.40. The van der Waals surface area contributed by atoms with Crippen molar-refractivity contribution in [1.29, 1.82) is 0 Å². The number of rotatable bonds is 1. The lowest BCUT2D eigenvalue weighted by molar-refractivity contribution is 0.0731. The molecule has 4 nitrogen and oxygen atoms in total. The topological polar surface area (TPSA) is 36.7 Å². The van der Waals surface area contributed by atoms with Crippen LogP contribution in [0, 0.1) is 0 Å². The van der Waals surface area contributed by atoms with Gasteiger partial charge in [0.15, 0.2) is 11.0 Å². The predicted molar refractivity (Wildman–Crippen MR) is 61.7 cm³/mol. The molecule has 0 bridgehead atoms. The average molecular weight is 243 g/mol. The maximum absolute atomic E-state index is 12.0. The lowest BCUT2D eigenvalue weighted by Gasteiger charge is -2.18. The molecule has 1 aromatic heterocycles. The van der Waals surface area contributed by atoms with Gasteiger partial charge >= 0.3 is 0 Å². The van der Waals surface area contributed by atoms with E-state index in [-0.39, 0.29) is 11.1 Å². The predicted octanol–water partition coefficient (Wildman–Crippen LogP) is 1.71. The van der Waals surface area contributed by atoms with Crippen molar-refractivity contribution in [3.8, 4) is 0 Å². The van der Waals surface area contributed by atoms with Gasteiger partial charge in [-0.3, -0.25) is 4.79 Å². The van der Waals surface area contributed by atoms with Crippen molar-refractivity contribution in [3.05, 3.63) is 23.1 Å². The molecule has 2 heterocycles. The molecule has 1 aliphatic heterocycles. The Bertz CT molecular complexity index is 378. The molecule has 0 unspecified atom stereocenters. The summed E-state index contributed by atoms with van der Waals surface area (Å²) >= 11 is 5.65. The molecule has 88 valence electrons. The first-order valence-corrected chi connectivity index (χ1v) is 5.78. The van der Waals surface area contributed by atoms with Gasteiger partial charge in [0, 0.05) is 19.6 Å². The van der Waals surface area contributed by atoms with Gasteiger partial charge in [-0.1, -0.05) is 0 Å². The van der Waals surface area contributed by atoms with Gasteiger partial charge in [0.2, 0.25) is 0 Å². The molecule has 16 heavy (non-hydrogen) atoms. The van der Waals surface area contributed by atoms with Gasteiger partial charge in [-0.15, -0.1) is 0 Å². The van der Waals surface area contributed by atoms with E-state index < -0.39 is 0 Å². The molecular weight excluding hydrogens is 228 g/mol. The zero-order chi connectivity index (χ0) is 11.5. The van der Waals surface area contributed by atoms with Gasteiger partial charge in [-0.25, -0.2) is 0 Å². The number of halogens is 1. The van der Waals surface area contributed by atoms with Crippen LogP contribution in [0.5, 0.6) is 0 Å². The second-order valence-electron chi connectivity index (χ2n) is 4.05. The van der Waals surface area contributed by atoms with Crippen molar-refractivity contribution in [1.82, 2.24) is 9.80 Å². The summed E-state index contributed by atoms with van der Waals surface area (Å²) in [5, 5.41) is 0.260. The molecule has 5 heteroatoms. The summed E-state index contributed by atoms with van der Waals surface area (Å²) in [4.78, 5) is 16.1. The molecule has 1 fully saturated rings. The summed E-state index contributed by atoms with van der Waals surface area (Å²) in [6.07, 6.45) is 0.997. The Morgan fingerprint density at radius 1 is 1.31 bits per heavy atom. The quantitative estimate of drug-likeness (QED) is 0.752. The monoisotopic (exact) mass is 242 g/mol. The number of likely N-dealkylation sites (N-methyl/N-ethyl adjacent to an activating group) is 1. The summed E-state index contributed by atoms with van der Waals surface area (Å²) < 4.78 is 5.13. The van der Waals surface area contributed by atoms with Crippen molar-refractivity contribution >= 4 is 17.5 Å². The van der Waals surface area contributed by atoms with Crippen LogP contribution in [0.4, 0.5) is 0 Å². The third-order valence-electron chi connectivity index (χ3n) is 2.79. The van der Waals surface area contributed by atoms with Crippen LogP contribution in [-0.2, 0) is 0 Å². The Morgan fingerprint density at radius 2 is 2.12 bits per heavy atom. The molecule has 0 aromatic carbocycles. The van der Waals surface area contributed by atoms with Crippen LogP contribution in [-0.4, -0.2) is 48.9 Å². The van der Waals surface area contributed by atoms with Crippen LogP contribution in [0.15, 0.2) is 16.5 Å². The molecule has 1 aliphatic rings. The molecule has 0 atom stereocenters. The third kappa shape index (κ3) is 2.57. The zero-order valence-electron chi connectivity index (χ0n) is 9.28. The van der Waals surface area contributed by atoms with Crippen LogP contribution in [0.1, 0.15) is 17.0 Å². The maximum atomic E-state index is 12.0. The van der Waals surface area contributed by atoms with E-state index in [2.05, 4.69) is 11.9 Å². The lowest BCUT2D eigenvalue weighted by atomic mass is 10.3. The summed E-state index contributed by atoms with van der Waals surface area (Å²) in [6.45, 7) is 3.46. The van der Waals surface area contributed by atoms with Gasteiger partial charge < -0.3 is 14.2 Å². The first-order chi connectivity index (χ1) is 7.66. The molecular formula is C11H15ClN2O2. The number of amides is 1. The van der Waals surface area contributed by atoms with Crippen molar-refractivity contribution in [2.45, 2.75) is 6.42 Å². The van der Waals surface area contributed by atoms with Crippen molar-refractivity contribution in [2.24, 2.45) is 0 Å². The third-order valence-corrected chi connectivity index (χ3v) is 2.99. The molecule has 0 N–H and O–H groups in total. The summed E-state index contributed by atoms with van der Waals surface area (Å²) in [6, 6.07) is 3.22. The van der Waals surface area contributed by atoms with Gasteiger partial charge in [0.25, 0.3) is 5.91 Å². The van der Waals surface area contributed by atoms with Crippen LogP contribution in [0.25, 0.3) is 0 Å². The highest BCUT2D eigenvalue weighted by Gasteiger charge is 2.21. The summed E-state index contributed by atoms with van der Waals surface area (Å²) in [5.74, 6) is 0.261. The Kier molecular flexibility index (Phi) is 3.51.